The third-order valence-corrected chi connectivity index (χ3v) is 5.42. The Kier molecular flexibility index (Phi) is 6.66. The summed E-state index contributed by atoms with van der Waals surface area (Å²) in [6.45, 7) is 14.4. The van der Waals surface area contributed by atoms with E-state index in [2.05, 4.69) is 45.9 Å². The van der Waals surface area contributed by atoms with Crippen LogP contribution in [0.25, 0.3) is 0 Å². The second kappa shape index (κ2) is 7.63. The summed E-state index contributed by atoms with van der Waals surface area (Å²) < 4.78 is 17.9. The fourth-order valence-electron chi connectivity index (χ4n) is 2.11. The molecule has 0 spiro atoms. The summed E-state index contributed by atoms with van der Waals surface area (Å²) in [5.41, 5.74) is 2.30. The number of benzene rings is 1. The maximum Gasteiger partial charge on any atom is 0.123 e. The monoisotopic (exact) mass is 324 g/mol. The van der Waals surface area contributed by atoms with Crippen molar-refractivity contribution in [3.05, 3.63) is 29.3 Å². The minimum Gasteiger partial charge on any atom is -0.488 e. The minimum atomic E-state index is -0.741. The first-order valence-corrected chi connectivity index (χ1v) is 9.48. The summed E-state index contributed by atoms with van der Waals surface area (Å²) in [6, 6.07) is 6.45. The second-order valence-corrected chi connectivity index (χ2v) is 10.3. The standard InChI is InChI=1S/C19H32O2S/c1-15-11-12-16(14-17(15)21-18(2,3)4)10-8-9-13-22(20)19(5,6)7/h11-12,14H,8-10,13H2,1-7H3/t22-/m0/s1. The van der Waals surface area contributed by atoms with E-state index >= 15 is 0 Å². The largest absolute Gasteiger partial charge is 0.488 e. The average Bonchev–Trinajstić information content (AvgIpc) is 2.35. The molecule has 0 aliphatic heterocycles. The predicted molar refractivity (Wildman–Crippen MR) is 97.3 cm³/mol. The van der Waals surface area contributed by atoms with Crippen molar-refractivity contribution in [2.75, 3.05) is 5.75 Å². The van der Waals surface area contributed by atoms with Crippen molar-refractivity contribution in [2.45, 2.75) is 78.1 Å². The molecule has 0 aliphatic carbocycles. The summed E-state index contributed by atoms with van der Waals surface area (Å²) in [5.74, 6) is 1.77. The highest BCUT2D eigenvalue weighted by Gasteiger charge is 2.18. The minimum absolute atomic E-state index is 0.0996. The van der Waals surface area contributed by atoms with E-state index < -0.39 is 10.8 Å². The Morgan fingerprint density at radius 1 is 1.05 bits per heavy atom. The fraction of sp³-hybridized carbons (Fsp3) is 0.684. The van der Waals surface area contributed by atoms with Crippen molar-refractivity contribution in [1.82, 2.24) is 0 Å². The van der Waals surface area contributed by atoms with Gasteiger partial charge >= 0.3 is 0 Å². The van der Waals surface area contributed by atoms with Crippen molar-refractivity contribution in [3.8, 4) is 5.75 Å². The van der Waals surface area contributed by atoms with Crippen molar-refractivity contribution >= 4 is 10.8 Å². The molecule has 0 radical (unpaired) electrons. The molecule has 22 heavy (non-hydrogen) atoms. The SMILES string of the molecule is Cc1ccc(CCCC[S@](=O)C(C)(C)C)cc1OC(C)(C)C. The van der Waals surface area contributed by atoms with E-state index in [1.54, 1.807) is 0 Å². The summed E-state index contributed by atoms with van der Waals surface area (Å²) >= 11 is 0. The normalized spacial score (nSPS) is 14.0. The predicted octanol–water partition coefficient (Wildman–Crippen LogP) is 5.04. The molecule has 2 nitrogen and oxygen atoms in total. The van der Waals surface area contributed by atoms with Crippen LogP contribution in [0.5, 0.6) is 5.75 Å². The topological polar surface area (TPSA) is 26.3 Å². The lowest BCUT2D eigenvalue weighted by molar-refractivity contribution is 0.129. The zero-order valence-electron chi connectivity index (χ0n) is 15.3. The Morgan fingerprint density at radius 2 is 1.68 bits per heavy atom. The van der Waals surface area contributed by atoms with Crippen molar-refractivity contribution in [3.63, 3.8) is 0 Å². The van der Waals surface area contributed by atoms with Crippen LogP contribution in [0.4, 0.5) is 0 Å². The number of aryl methyl sites for hydroxylation is 2. The third-order valence-electron chi connectivity index (χ3n) is 3.40. The highest BCUT2D eigenvalue weighted by Crippen LogP contribution is 2.25. The van der Waals surface area contributed by atoms with Crippen molar-refractivity contribution < 1.29 is 8.95 Å². The second-order valence-electron chi connectivity index (χ2n) is 7.93. The molecule has 0 saturated heterocycles. The molecule has 0 N–H and O–H groups in total. The first-order valence-electron chi connectivity index (χ1n) is 8.16. The van der Waals surface area contributed by atoms with E-state index in [9.17, 15) is 4.21 Å². The highest BCUT2D eigenvalue weighted by atomic mass is 32.2. The molecule has 1 aromatic carbocycles. The maximum atomic E-state index is 12.0. The zero-order valence-corrected chi connectivity index (χ0v) is 16.1. The van der Waals surface area contributed by atoms with Crippen LogP contribution in [0, 0.1) is 6.92 Å². The molecule has 0 unspecified atom stereocenters. The van der Waals surface area contributed by atoms with Crippen LogP contribution in [0.3, 0.4) is 0 Å². The molecular weight excluding hydrogens is 292 g/mol. The van der Waals surface area contributed by atoms with E-state index in [1.165, 1.54) is 11.1 Å². The molecule has 1 rings (SSSR count). The maximum absolute atomic E-state index is 12.0. The molecule has 0 fully saturated rings. The van der Waals surface area contributed by atoms with Gasteiger partial charge in [0.2, 0.25) is 0 Å². The molecule has 1 aromatic rings. The summed E-state index contributed by atoms with van der Waals surface area (Å²) in [6.07, 6.45) is 3.09. The van der Waals surface area contributed by atoms with Gasteiger partial charge in [0.1, 0.15) is 11.4 Å². The number of rotatable bonds is 6. The van der Waals surface area contributed by atoms with Gasteiger partial charge in [-0.25, -0.2) is 0 Å². The zero-order chi connectivity index (χ0) is 17.0. The number of hydrogen-bond acceptors (Lipinski definition) is 2. The lowest BCUT2D eigenvalue weighted by Crippen LogP contribution is -2.24. The lowest BCUT2D eigenvalue weighted by Gasteiger charge is -2.23. The molecular formula is C19H32O2S. The first kappa shape index (κ1) is 19.2. The van der Waals surface area contributed by atoms with Crippen LogP contribution >= 0.6 is 0 Å². The molecule has 0 aliphatic rings. The van der Waals surface area contributed by atoms with Crippen LogP contribution in [-0.2, 0) is 17.2 Å². The molecule has 0 bridgehead atoms. The Bertz CT molecular complexity index is 507. The highest BCUT2D eigenvalue weighted by molar-refractivity contribution is 7.86. The smallest absolute Gasteiger partial charge is 0.123 e. The summed E-state index contributed by atoms with van der Waals surface area (Å²) in [4.78, 5) is 0. The number of ether oxygens (including phenoxy) is 1. The van der Waals surface area contributed by atoms with Gasteiger partial charge in [-0.3, -0.25) is 4.21 Å². The fourth-order valence-corrected chi connectivity index (χ4v) is 3.19. The molecule has 1 atom stereocenters. The Morgan fingerprint density at radius 3 is 2.23 bits per heavy atom. The van der Waals surface area contributed by atoms with E-state index in [1.807, 2.05) is 20.8 Å². The Balaban J connectivity index is 2.54. The van der Waals surface area contributed by atoms with E-state index in [-0.39, 0.29) is 10.3 Å². The van der Waals surface area contributed by atoms with Gasteiger partial charge in [-0.1, -0.05) is 12.1 Å². The van der Waals surface area contributed by atoms with Crippen LogP contribution in [-0.4, -0.2) is 20.3 Å². The molecule has 3 heteroatoms. The van der Waals surface area contributed by atoms with Crippen molar-refractivity contribution in [1.29, 1.82) is 0 Å². The van der Waals surface area contributed by atoms with Gasteiger partial charge in [-0.2, -0.15) is 0 Å². The van der Waals surface area contributed by atoms with Gasteiger partial charge in [0.15, 0.2) is 0 Å². The molecule has 0 aromatic heterocycles. The first-order chi connectivity index (χ1) is 9.99. The van der Waals surface area contributed by atoms with Crippen LogP contribution in [0.15, 0.2) is 18.2 Å². The van der Waals surface area contributed by atoms with Crippen LogP contribution in [0.1, 0.15) is 65.5 Å². The Labute approximate surface area is 139 Å². The molecule has 0 heterocycles. The molecule has 126 valence electrons. The molecule has 0 amide bonds. The average molecular weight is 325 g/mol. The van der Waals surface area contributed by atoms with Gasteiger partial charge in [0, 0.05) is 21.3 Å². The van der Waals surface area contributed by atoms with Crippen molar-refractivity contribution in [2.24, 2.45) is 0 Å². The number of hydrogen-bond donors (Lipinski definition) is 0. The van der Waals surface area contributed by atoms with Gasteiger partial charge in [0.25, 0.3) is 0 Å². The van der Waals surface area contributed by atoms with E-state index in [4.69, 9.17) is 4.74 Å². The van der Waals surface area contributed by atoms with Gasteiger partial charge in [-0.05, 0) is 84.9 Å². The van der Waals surface area contributed by atoms with Gasteiger partial charge in [-0.15, -0.1) is 0 Å². The lowest BCUT2D eigenvalue weighted by atomic mass is 10.1. The van der Waals surface area contributed by atoms with Crippen LogP contribution < -0.4 is 4.74 Å². The summed E-state index contributed by atoms with van der Waals surface area (Å²) in [7, 11) is -0.741. The van der Waals surface area contributed by atoms with E-state index in [0.717, 1.165) is 30.8 Å². The third kappa shape index (κ3) is 6.95. The Hall–Kier alpha value is -0.830. The van der Waals surface area contributed by atoms with Gasteiger partial charge in [0.05, 0.1) is 0 Å². The summed E-state index contributed by atoms with van der Waals surface area (Å²) in [5, 5.41) is 0. The quantitative estimate of drug-likeness (QED) is 0.685. The number of unbranched alkanes of at least 4 members (excludes halogenated alkanes) is 1. The molecule has 0 saturated carbocycles. The van der Waals surface area contributed by atoms with Gasteiger partial charge < -0.3 is 4.74 Å². The van der Waals surface area contributed by atoms with E-state index in [0.29, 0.717) is 0 Å². The van der Waals surface area contributed by atoms with Crippen LogP contribution in [0.2, 0.25) is 0 Å².